The van der Waals surface area contributed by atoms with Gasteiger partial charge in [0.2, 0.25) is 0 Å². The molecule has 1 aromatic carbocycles. The number of amides is 1. The van der Waals surface area contributed by atoms with Gasteiger partial charge in [0.05, 0.1) is 11.7 Å². The van der Waals surface area contributed by atoms with Crippen LogP contribution in [-0.4, -0.2) is 39.0 Å². The molecule has 0 spiro atoms. The molecule has 4 rings (SSSR count). The maximum absolute atomic E-state index is 12.7. The third kappa shape index (κ3) is 4.18. The van der Waals surface area contributed by atoms with Crippen LogP contribution in [0.3, 0.4) is 0 Å². The summed E-state index contributed by atoms with van der Waals surface area (Å²) in [5.74, 6) is -0.237. The Balaban J connectivity index is 0.00000210. The number of hydrogen-bond acceptors (Lipinski definition) is 6. The van der Waals surface area contributed by atoms with Crippen molar-refractivity contribution in [2.45, 2.75) is 25.8 Å². The summed E-state index contributed by atoms with van der Waals surface area (Å²) in [5, 5.41) is 17.5. The molecule has 1 amide bonds. The number of rotatable bonds is 4. The van der Waals surface area contributed by atoms with E-state index in [2.05, 4.69) is 25.9 Å². The Morgan fingerprint density at radius 2 is 2.15 bits per heavy atom. The molecular weight excluding hydrogens is 384 g/mol. The van der Waals surface area contributed by atoms with Crippen LogP contribution in [0.15, 0.2) is 35.8 Å². The summed E-state index contributed by atoms with van der Waals surface area (Å²) in [6.07, 6.45) is 3.77. The minimum absolute atomic E-state index is 0. The molecule has 1 aliphatic rings. The fourth-order valence-corrected chi connectivity index (χ4v) is 3.87. The fraction of sp³-hybridized carbons (Fsp3) is 0.333. The Kier molecular flexibility index (Phi) is 6.20. The van der Waals surface area contributed by atoms with Gasteiger partial charge in [0, 0.05) is 22.8 Å². The molecule has 1 saturated heterocycles. The lowest BCUT2D eigenvalue weighted by Crippen LogP contribution is -2.30. The number of carbonyl (C=O) groups excluding carboxylic acids is 1. The Labute approximate surface area is 167 Å². The molecule has 142 valence electrons. The average molecular weight is 405 g/mol. The van der Waals surface area contributed by atoms with Gasteiger partial charge in [-0.3, -0.25) is 4.79 Å². The fourth-order valence-electron chi connectivity index (χ4n) is 3.23. The molecule has 2 aromatic heterocycles. The van der Waals surface area contributed by atoms with Crippen molar-refractivity contribution < 1.29 is 4.79 Å². The molecule has 0 unspecified atom stereocenters. The predicted octanol–water partition coefficient (Wildman–Crippen LogP) is 3.31. The van der Waals surface area contributed by atoms with Crippen LogP contribution in [-0.2, 0) is 0 Å². The van der Waals surface area contributed by atoms with Gasteiger partial charge in [0.1, 0.15) is 5.01 Å². The smallest absolute Gasteiger partial charge is 0.278 e. The van der Waals surface area contributed by atoms with Gasteiger partial charge in [-0.05, 0) is 45.0 Å². The van der Waals surface area contributed by atoms with Gasteiger partial charge in [-0.15, -0.1) is 28.8 Å². The molecule has 0 atom stereocenters. The van der Waals surface area contributed by atoms with Crippen LogP contribution in [0.5, 0.6) is 0 Å². The maximum atomic E-state index is 12.7. The lowest BCUT2D eigenvalue weighted by molar-refractivity contribution is 0.102. The SMILES string of the molecule is Cc1c(C(=O)Nc2cccc(-c3nccs3)c2)nnn1C1CCNCC1.Cl. The number of hydrogen-bond donors (Lipinski definition) is 2. The second-order valence-corrected chi connectivity index (χ2v) is 7.22. The van der Waals surface area contributed by atoms with Crippen LogP contribution in [0.4, 0.5) is 5.69 Å². The van der Waals surface area contributed by atoms with E-state index in [1.807, 2.05) is 41.3 Å². The van der Waals surface area contributed by atoms with Crippen molar-refractivity contribution in [1.82, 2.24) is 25.3 Å². The van der Waals surface area contributed by atoms with E-state index >= 15 is 0 Å². The minimum atomic E-state index is -0.237. The molecule has 3 aromatic rings. The molecule has 3 heterocycles. The Bertz CT molecular complexity index is 904. The number of nitrogens with zero attached hydrogens (tertiary/aromatic N) is 4. The quantitative estimate of drug-likeness (QED) is 0.696. The first-order valence-electron chi connectivity index (χ1n) is 8.66. The van der Waals surface area contributed by atoms with Crippen molar-refractivity contribution in [1.29, 1.82) is 0 Å². The molecule has 9 heteroatoms. The van der Waals surface area contributed by atoms with E-state index in [9.17, 15) is 4.79 Å². The van der Waals surface area contributed by atoms with Crippen molar-refractivity contribution in [2.75, 3.05) is 18.4 Å². The van der Waals surface area contributed by atoms with Gasteiger partial charge in [-0.2, -0.15) is 0 Å². The van der Waals surface area contributed by atoms with Crippen molar-refractivity contribution in [2.24, 2.45) is 0 Å². The topological polar surface area (TPSA) is 84.7 Å². The molecule has 7 nitrogen and oxygen atoms in total. The normalized spacial score (nSPS) is 14.6. The molecule has 0 aliphatic carbocycles. The summed E-state index contributed by atoms with van der Waals surface area (Å²) < 4.78 is 1.89. The van der Waals surface area contributed by atoms with Crippen LogP contribution >= 0.6 is 23.7 Å². The molecule has 1 fully saturated rings. The zero-order chi connectivity index (χ0) is 17.9. The van der Waals surface area contributed by atoms with Gasteiger partial charge in [-0.1, -0.05) is 17.3 Å². The highest BCUT2D eigenvalue weighted by atomic mass is 35.5. The van der Waals surface area contributed by atoms with Crippen LogP contribution in [0.25, 0.3) is 10.6 Å². The van der Waals surface area contributed by atoms with Crippen LogP contribution in [0.1, 0.15) is 35.1 Å². The predicted molar refractivity (Wildman–Crippen MR) is 109 cm³/mol. The van der Waals surface area contributed by atoms with Crippen molar-refractivity contribution in [3.63, 3.8) is 0 Å². The first-order chi connectivity index (χ1) is 12.7. The van der Waals surface area contributed by atoms with Crippen LogP contribution in [0.2, 0.25) is 0 Å². The third-order valence-electron chi connectivity index (χ3n) is 4.60. The summed E-state index contributed by atoms with van der Waals surface area (Å²) in [7, 11) is 0. The number of benzene rings is 1. The standard InChI is InChI=1S/C18H20N6OS.ClH/c1-12-16(22-23-24(12)15-5-7-19-8-6-15)17(25)21-14-4-2-3-13(11-14)18-20-9-10-26-18;/h2-4,9-11,15,19H,5-8H2,1H3,(H,21,25);1H. The van der Waals surface area contributed by atoms with Gasteiger partial charge >= 0.3 is 0 Å². The zero-order valence-corrected chi connectivity index (χ0v) is 16.5. The Morgan fingerprint density at radius 1 is 1.33 bits per heavy atom. The number of thiazole rings is 1. The van der Waals surface area contributed by atoms with E-state index in [4.69, 9.17) is 0 Å². The maximum Gasteiger partial charge on any atom is 0.278 e. The van der Waals surface area contributed by atoms with E-state index in [1.54, 1.807) is 17.5 Å². The van der Waals surface area contributed by atoms with E-state index < -0.39 is 0 Å². The van der Waals surface area contributed by atoms with Crippen molar-refractivity contribution in [3.8, 4) is 10.6 Å². The highest BCUT2D eigenvalue weighted by molar-refractivity contribution is 7.13. The number of carbonyl (C=O) groups is 1. The van der Waals surface area contributed by atoms with E-state index in [0.29, 0.717) is 11.7 Å². The summed E-state index contributed by atoms with van der Waals surface area (Å²) in [5.41, 5.74) is 2.89. The number of nitrogens with one attached hydrogen (secondary N) is 2. The monoisotopic (exact) mass is 404 g/mol. The first-order valence-corrected chi connectivity index (χ1v) is 9.54. The van der Waals surface area contributed by atoms with E-state index in [0.717, 1.165) is 47.9 Å². The molecule has 27 heavy (non-hydrogen) atoms. The van der Waals surface area contributed by atoms with Crippen molar-refractivity contribution >= 4 is 35.3 Å². The van der Waals surface area contributed by atoms with Crippen LogP contribution in [0, 0.1) is 6.92 Å². The van der Waals surface area contributed by atoms with E-state index in [1.165, 1.54) is 0 Å². The summed E-state index contributed by atoms with van der Waals surface area (Å²) >= 11 is 1.57. The third-order valence-corrected chi connectivity index (χ3v) is 5.42. The Hall–Kier alpha value is -2.29. The summed E-state index contributed by atoms with van der Waals surface area (Å²) in [4.78, 5) is 17.0. The second-order valence-electron chi connectivity index (χ2n) is 6.32. The van der Waals surface area contributed by atoms with Gasteiger partial charge in [0.15, 0.2) is 5.69 Å². The second kappa shape index (κ2) is 8.60. The number of piperidine rings is 1. The Morgan fingerprint density at radius 3 is 2.89 bits per heavy atom. The van der Waals surface area contributed by atoms with E-state index in [-0.39, 0.29) is 18.3 Å². The average Bonchev–Trinajstić information content (AvgIpc) is 3.32. The summed E-state index contributed by atoms with van der Waals surface area (Å²) in [6, 6.07) is 7.97. The van der Waals surface area contributed by atoms with Crippen molar-refractivity contribution in [3.05, 3.63) is 47.2 Å². The van der Waals surface area contributed by atoms with Gasteiger partial charge in [-0.25, -0.2) is 9.67 Å². The van der Waals surface area contributed by atoms with Gasteiger partial charge in [0.25, 0.3) is 5.91 Å². The molecule has 0 saturated carbocycles. The highest BCUT2D eigenvalue weighted by Crippen LogP contribution is 2.25. The number of anilines is 1. The molecular formula is C18H21ClN6OS. The molecule has 0 radical (unpaired) electrons. The number of halogens is 1. The van der Waals surface area contributed by atoms with Crippen LogP contribution < -0.4 is 10.6 Å². The highest BCUT2D eigenvalue weighted by Gasteiger charge is 2.23. The lowest BCUT2D eigenvalue weighted by Gasteiger charge is -2.23. The minimum Gasteiger partial charge on any atom is -0.321 e. The molecule has 2 N–H and O–H groups in total. The zero-order valence-electron chi connectivity index (χ0n) is 14.9. The summed E-state index contributed by atoms with van der Waals surface area (Å²) in [6.45, 7) is 3.84. The molecule has 0 bridgehead atoms. The largest absolute Gasteiger partial charge is 0.321 e. The first kappa shape index (κ1) is 19.5. The van der Waals surface area contributed by atoms with Gasteiger partial charge < -0.3 is 10.6 Å². The number of aromatic nitrogens is 4. The lowest BCUT2D eigenvalue weighted by atomic mass is 10.1. The molecule has 1 aliphatic heterocycles.